The van der Waals surface area contributed by atoms with Crippen molar-refractivity contribution < 1.29 is 23.8 Å². The molecule has 1 aromatic carbocycles. The quantitative estimate of drug-likeness (QED) is 0.565. The van der Waals surface area contributed by atoms with Gasteiger partial charge in [0.1, 0.15) is 0 Å². The Hall–Kier alpha value is -2.28. The molecule has 0 unspecified atom stereocenters. The van der Waals surface area contributed by atoms with Crippen LogP contribution in [0.3, 0.4) is 0 Å². The zero-order chi connectivity index (χ0) is 15.5. The van der Waals surface area contributed by atoms with Crippen LogP contribution in [-0.2, 0) is 4.79 Å². The number of primary amides is 1. The maximum absolute atomic E-state index is 12.4. The van der Waals surface area contributed by atoms with Gasteiger partial charge in [0, 0.05) is 0 Å². The molecule has 1 rings (SSSR count). The van der Waals surface area contributed by atoms with Crippen molar-refractivity contribution in [2.45, 2.75) is 12.5 Å². The average Bonchev–Trinajstić information content (AvgIpc) is 2.44. The van der Waals surface area contributed by atoms with Crippen molar-refractivity contribution in [2.75, 3.05) is 21.3 Å². The number of carbonyl (C=O) groups is 2. The first-order valence-electron chi connectivity index (χ1n) is 5.73. The Morgan fingerprint density at radius 3 is 2.00 bits per heavy atom. The van der Waals surface area contributed by atoms with Gasteiger partial charge in [0.25, 0.3) is 0 Å². The molecule has 110 valence electrons. The zero-order valence-electron chi connectivity index (χ0n) is 11.9. The molecular formula is C13H18N2O5. The maximum Gasteiger partial charge on any atom is 0.245 e. The number of Topliss-reactive ketones (excluding diaryl/α,β-unsaturated/α-hetero) is 1. The van der Waals surface area contributed by atoms with E-state index in [0.29, 0.717) is 5.75 Å². The highest BCUT2D eigenvalue weighted by Gasteiger charge is 2.38. The largest absolute Gasteiger partial charge is 0.493 e. The lowest BCUT2D eigenvalue weighted by atomic mass is 9.90. The van der Waals surface area contributed by atoms with Gasteiger partial charge in [0.2, 0.25) is 11.7 Å². The number of ether oxygens (including phenoxy) is 3. The zero-order valence-corrected chi connectivity index (χ0v) is 11.9. The minimum Gasteiger partial charge on any atom is -0.493 e. The lowest BCUT2D eigenvalue weighted by Crippen LogP contribution is -2.55. The van der Waals surface area contributed by atoms with Crippen LogP contribution in [0.15, 0.2) is 12.1 Å². The van der Waals surface area contributed by atoms with Crippen LogP contribution in [0.1, 0.15) is 17.3 Å². The molecule has 0 spiro atoms. The van der Waals surface area contributed by atoms with E-state index in [9.17, 15) is 9.59 Å². The topological polar surface area (TPSA) is 114 Å². The van der Waals surface area contributed by atoms with Crippen LogP contribution in [0.2, 0.25) is 0 Å². The van der Waals surface area contributed by atoms with Gasteiger partial charge in [-0.05, 0) is 19.1 Å². The molecule has 1 amide bonds. The third-order valence-corrected chi connectivity index (χ3v) is 2.93. The molecule has 0 heterocycles. The fraction of sp³-hybridized carbons (Fsp3) is 0.385. The first-order chi connectivity index (χ1) is 9.31. The van der Waals surface area contributed by atoms with Gasteiger partial charge in [-0.15, -0.1) is 0 Å². The maximum atomic E-state index is 12.4. The number of hydrogen-bond donors (Lipinski definition) is 2. The summed E-state index contributed by atoms with van der Waals surface area (Å²) < 4.78 is 15.4. The van der Waals surface area contributed by atoms with Gasteiger partial charge < -0.3 is 25.7 Å². The first-order valence-corrected chi connectivity index (χ1v) is 5.73. The third-order valence-electron chi connectivity index (χ3n) is 2.93. The standard InChI is InChI=1S/C13H18N2O5/c1-13(15,12(14)17)11(16)7-5-6-8(18-2)10(20-4)9(7)19-3/h5-6H,15H2,1-4H3,(H2,14,17)/t13-/m1/s1. The smallest absolute Gasteiger partial charge is 0.245 e. The van der Waals surface area contributed by atoms with E-state index in [2.05, 4.69) is 0 Å². The molecule has 4 N–H and O–H groups in total. The second-order valence-corrected chi connectivity index (χ2v) is 4.28. The second-order valence-electron chi connectivity index (χ2n) is 4.28. The summed E-state index contributed by atoms with van der Waals surface area (Å²) in [5, 5.41) is 0. The van der Waals surface area contributed by atoms with Crippen molar-refractivity contribution in [1.29, 1.82) is 0 Å². The molecule has 1 atom stereocenters. The van der Waals surface area contributed by atoms with E-state index in [1.54, 1.807) is 0 Å². The summed E-state index contributed by atoms with van der Waals surface area (Å²) in [7, 11) is 4.23. The van der Waals surface area contributed by atoms with E-state index in [-0.39, 0.29) is 17.1 Å². The van der Waals surface area contributed by atoms with E-state index in [0.717, 1.165) is 0 Å². The lowest BCUT2D eigenvalue weighted by molar-refractivity contribution is -0.121. The predicted octanol–water partition coefficient (Wildman–Crippen LogP) is 0.0978. The van der Waals surface area contributed by atoms with E-state index < -0.39 is 17.2 Å². The minimum absolute atomic E-state index is 0.0916. The molecule has 0 aliphatic carbocycles. The van der Waals surface area contributed by atoms with E-state index in [4.69, 9.17) is 25.7 Å². The Morgan fingerprint density at radius 1 is 1.05 bits per heavy atom. The normalized spacial score (nSPS) is 13.2. The SMILES string of the molecule is COc1ccc(C(=O)[C@@](C)(N)C(N)=O)c(OC)c1OC. The van der Waals surface area contributed by atoms with Crippen molar-refractivity contribution in [1.82, 2.24) is 0 Å². The Bertz CT molecular complexity index is 540. The summed E-state index contributed by atoms with van der Waals surface area (Å²) in [5.41, 5.74) is 9.07. The number of hydrogen-bond acceptors (Lipinski definition) is 6. The highest BCUT2D eigenvalue weighted by molar-refractivity contribution is 6.18. The summed E-state index contributed by atoms with van der Waals surface area (Å²) in [6, 6.07) is 2.96. The van der Waals surface area contributed by atoms with Crippen LogP contribution >= 0.6 is 0 Å². The lowest BCUT2D eigenvalue weighted by Gasteiger charge is -2.21. The van der Waals surface area contributed by atoms with Gasteiger partial charge in [-0.2, -0.15) is 0 Å². The van der Waals surface area contributed by atoms with Crippen molar-refractivity contribution in [3.63, 3.8) is 0 Å². The van der Waals surface area contributed by atoms with Gasteiger partial charge in [-0.3, -0.25) is 9.59 Å². The van der Waals surface area contributed by atoms with Gasteiger partial charge in [0.15, 0.2) is 22.8 Å². The van der Waals surface area contributed by atoms with Gasteiger partial charge in [-0.1, -0.05) is 0 Å². The number of nitrogens with two attached hydrogens (primary N) is 2. The molecule has 7 nitrogen and oxygen atoms in total. The summed E-state index contributed by atoms with van der Waals surface area (Å²) in [5.74, 6) is -0.836. The van der Waals surface area contributed by atoms with Crippen LogP contribution in [-0.4, -0.2) is 38.6 Å². The van der Waals surface area contributed by atoms with Crippen LogP contribution in [0.25, 0.3) is 0 Å². The molecule has 0 aliphatic rings. The number of ketones is 1. The molecule has 0 aromatic heterocycles. The average molecular weight is 282 g/mol. The monoisotopic (exact) mass is 282 g/mol. The van der Waals surface area contributed by atoms with Crippen LogP contribution < -0.4 is 25.7 Å². The molecule has 20 heavy (non-hydrogen) atoms. The second kappa shape index (κ2) is 5.79. The summed E-state index contributed by atoms with van der Waals surface area (Å²) in [4.78, 5) is 23.6. The Kier molecular flexibility index (Phi) is 4.57. The third kappa shape index (κ3) is 2.53. The highest BCUT2D eigenvalue weighted by atomic mass is 16.5. The number of methoxy groups -OCH3 is 3. The summed E-state index contributed by atoms with van der Waals surface area (Å²) in [6.07, 6.45) is 0. The Balaban J connectivity index is 3.47. The van der Waals surface area contributed by atoms with Crippen molar-refractivity contribution in [2.24, 2.45) is 11.5 Å². The molecule has 7 heteroatoms. The molecule has 1 aromatic rings. The fourth-order valence-corrected chi connectivity index (χ4v) is 1.67. The number of benzene rings is 1. The van der Waals surface area contributed by atoms with Crippen LogP contribution in [0.5, 0.6) is 17.2 Å². The fourth-order valence-electron chi connectivity index (χ4n) is 1.67. The highest BCUT2D eigenvalue weighted by Crippen LogP contribution is 2.40. The van der Waals surface area contributed by atoms with Crippen LogP contribution in [0.4, 0.5) is 0 Å². The number of amides is 1. The molecule has 0 fully saturated rings. The van der Waals surface area contributed by atoms with E-state index in [1.807, 2.05) is 0 Å². The van der Waals surface area contributed by atoms with Crippen molar-refractivity contribution in [3.8, 4) is 17.2 Å². The molecular weight excluding hydrogens is 264 g/mol. The van der Waals surface area contributed by atoms with E-state index >= 15 is 0 Å². The molecule has 0 saturated heterocycles. The summed E-state index contributed by atoms with van der Waals surface area (Å²) in [6.45, 7) is 1.24. The molecule has 0 aliphatic heterocycles. The van der Waals surface area contributed by atoms with Gasteiger partial charge >= 0.3 is 0 Å². The van der Waals surface area contributed by atoms with Crippen LogP contribution in [0, 0.1) is 0 Å². The first kappa shape index (κ1) is 15.8. The molecule has 0 radical (unpaired) electrons. The number of rotatable bonds is 6. The molecule has 0 bridgehead atoms. The Labute approximate surface area is 116 Å². The van der Waals surface area contributed by atoms with Crippen molar-refractivity contribution in [3.05, 3.63) is 17.7 Å². The van der Waals surface area contributed by atoms with E-state index in [1.165, 1.54) is 40.4 Å². The van der Waals surface area contributed by atoms with Gasteiger partial charge in [-0.25, -0.2) is 0 Å². The Morgan fingerprint density at radius 2 is 1.60 bits per heavy atom. The summed E-state index contributed by atoms with van der Waals surface area (Å²) >= 11 is 0. The van der Waals surface area contributed by atoms with Gasteiger partial charge in [0.05, 0.1) is 26.9 Å². The number of carbonyl (C=O) groups excluding carboxylic acids is 2. The minimum atomic E-state index is -1.84. The molecule has 0 saturated carbocycles. The van der Waals surface area contributed by atoms with Crippen molar-refractivity contribution >= 4 is 11.7 Å². The predicted molar refractivity (Wildman–Crippen MR) is 72.2 cm³/mol.